The maximum Gasteiger partial charge on any atom is 0.195 e. The number of nitrogens with one attached hydrogen (secondary N) is 1. The molecule has 20 heavy (non-hydrogen) atoms. The Kier molecular flexibility index (Phi) is 5.76. The Morgan fingerprint density at radius 3 is 3.00 bits per heavy atom. The van der Waals surface area contributed by atoms with Crippen LogP contribution in [-0.4, -0.2) is 16.2 Å². The van der Waals surface area contributed by atoms with Crippen LogP contribution in [0, 0.1) is 0 Å². The number of hydrogen-bond acceptors (Lipinski definition) is 2. The number of benzene rings is 1. The summed E-state index contributed by atoms with van der Waals surface area (Å²) in [5.41, 5.74) is 1.07. The molecule has 0 spiro atoms. The molecule has 1 heterocycles. The van der Waals surface area contributed by atoms with Crippen LogP contribution >= 0.6 is 35.2 Å². The molecule has 3 nitrogen and oxygen atoms in total. The molecule has 0 aliphatic carbocycles. The smallest absolute Gasteiger partial charge is 0.195 e. The quantitative estimate of drug-likeness (QED) is 0.873. The van der Waals surface area contributed by atoms with E-state index < -0.39 is 0 Å². The monoisotopic (exact) mass is 325 g/mol. The van der Waals surface area contributed by atoms with Crippen LogP contribution in [0.15, 0.2) is 40.8 Å². The van der Waals surface area contributed by atoms with Crippen LogP contribution in [0.3, 0.4) is 0 Å². The molecule has 0 atom stereocenters. The number of rotatable bonds is 4. The Morgan fingerprint density at radius 2 is 2.25 bits per heavy atom. The first-order chi connectivity index (χ1) is 9.70. The van der Waals surface area contributed by atoms with E-state index in [1.807, 2.05) is 40.4 Å². The van der Waals surface area contributed by atoms with Crippen LogP contribution in [0.4, 0.5) is 0 Å². The van der Waals surface area contributed by atoms with Crippen molar-refractivity contribution in [2.45, 2.75) is 19.9 Å². The average Bonchev–Trinajstić information content (AvgIpc) is 2.86. The van der Waals surface area contributed by atoms with Crippen molar-refractivity contribution in [1.29, 1.82) is 0 Å². The molecule has 106 valence electrons. The van der Waals surface area contributed by atoms with Gasteiger partial charge in [0.05, 0.1) is 6.54 Å². The van der Waals surface area contributed by atoms with Gasteiger partial charge >= 0.3 is 0 Å². The zero-order valence-electron chi connectivity index (χ0n) is 11.2. The van der Waals surface area contributed by atoms with Crippen molar-refractivity contribution in [3.05, 3.63) is 51.2 Å². The third kappa shape index (κ3) is 4.16. The Hall–Kier alpha value is -1.17. The molecule has 0 bridgehead atoms. The lowest BCUT2D eigenvalue weighted by Crippen LogP contribution is -2.24. The molecule has 0 unspecified atom stereocenters. The average molecular weight is 326 g/mol. The third-order valence-corrected chi connectivity index (χ3v) is 4.08. The summed E-state index contributed by atoms with van der Waals surface area (Å²) in [6.07, 6.45) is 3.02. The lowest BCUT2D eigenvalue weighted by molar-refractivity contribution is 0.768. The van der Waals surface area contributed by atoms with Crippen LogP contribution in [-0.2, 0) is 6.54 Å². The lowest BCUT2D eigenvalue weighted by atomic mass is 10.2. The van der Waals surface area contributed by atoms with Crippen molar-refractivity contribution in [2.75, 3.05) is 6.54 Å². The summed E-state index contributed by atoms with van der Waals surface area (Å²) < 4.78 is 2.05. The number of hydrogen-bond donors (Lipinski definition) is 1. The topological polar surface area (TPSA) is 29.3 Å². The summed E-state index contributed by atoms with van der Waals surface area (Å²) in [7, 11) is 0. The van der Waals surface area contributed by atoms with Crippen LogP contribution in [0.5, 0.6) is 0 Å². The van der Waals surface area contributed by atoms with E-state index in [4.69, 9.17) is 23.8 Å². The van der Waals surface area contributed by atoms with Gasteiger partial charge in [0, 0.05) is 23.1 Å². The Bertz CT molecular complexity index is 646. The summed E-state index contributed by atoms with van der Waals surface area (Å²) in [5.74, 6) is 0. The van der Waals surface area contributed by atoms with Gasteiger partial charge in [-0.2, -0.15) is 4.99 Å². The van der Waals surface area contributed by atoms with Gasteiger partial charge in [-0.25, -0.2) is 0 Å². The molecule has 0 aliphatic rings. The van der Waals surface area contributed by atoms with Crippen molar-refractivity contribution in [3.8, 4) is 0 Å². The molecule has 2 rings (SSSR count). The summed E-state index contributed by atoms with van der Waals surface area (Å²) in [6.45, 7) is 3.63. The highest BCUT2D eigenvalue weighted by Crippen LogP contribution is 2.15. The fourth-order valence-electron chi connectivity index (χ4n) is 1.68. The third-order valence-electron chi connectivity index (χ3n) is 2.68. The van der Waals surface area contributed by atoms with Gasteiger partial charge in [0.2, 0.25) is 0 Å². The SMILES string of the molecule is CCCNC(=S)N=c1sccn1Cc1ccccc1Cl. The van der Waals surface area contributed by atoms with E-state index in [2.05, 4.69) is 17.2 Å². The normalized spacial score (nSPS) is 11.6. The highest BCUT2D eigenvalue weighted by atomic mass is 35.5. The van der Waals surface area contributed by atoms with Gasteiger partial charge in [-0.3, -0.25) is 0 Å². The number of nitrogens with zero attached hydrogens (tertiary/aromatic N) is 2. The van der Waals surface area contributed by atoms with Crippen molar-refractivity contribution >= 4 is 40.3 Å². The van der Waals surface area contributed by atoms with Crippen LogP contribution in [0.2, 0.25) is 5.02 Å². The molecular formula is C14H16ClN3S2. The molecular weight excluding hydrogens is 310 g/mol. The summed E-state index contributed by atoms with van der Waals surface area (Å²) in [4.78, 5) is 5.31. The predicted molar refractivity (Wildman–Crippen MR) is 89.3 cm³/mol. The fraction of sp³-hybridized carbons (Fsp3) is 0.286. The van der Waals surface area contributed by atoms with Gasteiger partial charge in [0.15, 0.2) is 9.91 Å². The maximum absolute atomic E-state index is 6.19. The molecule has 0 saturated carbocycles. The van der Waals surface area contributed by atoms with Crippen LogP contribution in [0.25, 0.3) is 0 Å². The molecule has 0 aliphatic heterocycles. The van der Waals surface area contributed by atoms with Crippen molar-refractivity contribution < 1.29 is 0 Å². The number of thiazole rings is 1. The molecule has 2 aromatic rings. The highest BCUT2D eigenvalue weighted by Gasteiger charge is 2.02. The van der Waals surface area contributed by atoms with Crippen LogP contribution < -0.4 is 10.1 Å². The predicted octanol–water partition coefficient (Wildman–Crippen LogP) is 3.44. The van der Waals surface area contributed by atoms with Gasteiger partial charge in [0.25, 0.3) is 0 Å². The molecule has 1 N–H and O–H groups in total. The Labute approximate surface area is 132 Å². The first-order valence-corrected chi connectivity index (χ1v) is 8.07. The Morgan fingerprint density at radius 1 is 1.45 bits per heavy atom. The minimum absolute atomic E-state index is 0.530. The highest BCUT2D eigenvalue weighted by molar-refractivity contribution is 7.80. The number of thiocarbonyl (C=S) groups is 1. The zero-order valence-corrected chi connectivity index (χ0v) is 13.6. The second-order valence-electron chi connectivity index (χ2n) is 4.25. The van der Waals surface area contributed by atoms with Crippen molar-refractivity contribution in [2.24, 2.45) is 4.99 Å². The van der Waals surface area contributed by atoms with Crippen LogP contribution in [0.1, 0.15) is 18.9 Å². The van der Waals surface area contributed by atoms with Crippen molar-refractivity contribution in [1.82, 2.24) is 9.88 Å². The standard InChI is InChI=1S/C14H16ClN3S2/c1-2-7-16-13(19)17-14-18(8-9-20-14)10-11-5-3-4-6-12(11)15/h3-6,8-9H,2,7,10H2,1H3,(H,16,19). The van der Waals surface area contributed by atoms with Gasteiger partial charge < -0.3 is 9.88 Å². The van der Waals surface area contributed by atoms with Gasteiger partial charge in [0.1, 0.15) is 0 Å². The number of aromatic nitrogens is 1. The second-order valence-corrected chi connectivity index (χ2v) is 5.92. The van der Waals surface area contributed by atoms with E-state index in [0.29, 0.717) is 11.7 Å². The first kappa shape index (κ1) is 15.2. The minimum Gasteiger partial charge on any atom is -0.361 e. The fourth-order valence-corrected chi connectivity index (χ4v) is 2.85. The number of halogens is 1. The second kappa shape index (κ2) is 7.57. The molecule has 0 saturated heterocycles. The largest absolute Gasteiger partial charge is 0.361 e. The molecule has 0 radical (unpaired) electrons. The molecule has 6 heteroatoms. The van der Waals surface area contributed by atoms with Crippen molar-refractivity contribution in [3.63, 3.8) is 0 Å². The first-order valence-electron chi connectivity index (χ1n) is 6.40. The van der Waals surface area contributed by atoms with E-state index in [-0.39, 0.29) is 0 Å². The minimum atomic E-state index is 0.530. The molecule has 0 fully saturated rings. The molecule has 1 aromatic carbocycles. The van der Waals surface area contributed by atoms with E-state index in [1.165, 1.54) is 0 Å². The molecule has 1 aromatic heterocycles. The van der Waals surface area contributed by atoms with Gasteiger partial charge in [-0.1, -0.05) is 36.7 Å². The summed E-state index contributed by atoms with van der Waals surface area (Å²) >= 11 is 13.0. The maximum atomic E-state index is 6.19. The Balaban J connectivity index is 2.19. The summed E-state index contributed by atoms with van der Waals surface area (Å²) in [5, 5.41) is 6.40. The zero-order chi connectivity index (χ0) is 14.4. The van der Waals surface area contributed by atoms with E-state index in [0.717, 1.165) is 28.4 Å². The van der Waals surface area contributed by atoms with E-state index >= 15 is 0 Å². The summed E-state index contributed by atoms with van der Waals surface area (Å²) in [6, 6.07) is 7.83. The lowest BCUT2D eigenvalue weighted by Gasteiger charge is -2.06. The van der Waals surface area contributed by atoms with E-state index in [1.54, 1.807) is 11.3 Å². The van der Waals surface area contributed by atoms with Gasteiger partial charge in [-0.05, 0) is 30.3 Å². The van der Waals surface area contributed by atoms with Gasteiger partial charge in [-0.15, -0.1) is 11.3 Å². The molecule has 0 amide bonds. The van der Waals surface area contributed by atoms with E-state index in [9.17, 15) is 0 Å².